The molecule has 1 aromatic carbocycles. The summed E-state index contributed by atoms with van der Waals surface area (Å²) in [4.78, 5) is 13.4. The van der Waals surface area contributed by atoms with Crippen molar-refractivity contribution in [2.24, 2.45) is 4.99 Å². The minimum Gasteiger partial charge on any atom is -0.366 e. The van der Waals surface area contributed by atoms with Crippen LogP contribution in [0.15, 0.2) is 23.2 Å². The number of piperazine rings is 2. The summed E-state index contributed by atoms with van der Waals surface area (Å²) in [5, 5.41) is 3.49. The van der Waals surface area contributed by atoms with Gasteiger partial charge in [0.2, 0.25) is 0 Å². The Labute approximate surface area is 189 Å². The van der Waals surface area contributed by atoms with Gasteiger partial charge < -0.3 is 20.0 Å². The van der Waals surface area contributed by atoms with Crippen LogP contribution in [0.1, 0.15) is 6.92 Å². The van der Waals surface area contributed by atoms with Crippen LogP contribution in [-0.4, -0.2) is 99.7 Å². The summed E-state index contributed by atoms with van der Waals surface area (Å²) in [5.74, 6) is 0.0906. The van der Waals surface area contributed by atoms with Gasteiger partial charge in [0, 0.05) is 78.1 Å². The van der Waals surface area contributed by atoms with Gasteiger partial charge in [0.05, 0.1) is 5.69 Å². The fourth-order valence-electron chi connectivity index (χ4n) is 3.85. The number of likely N-dealkylation sites (N-methyl/N-ethyl adjacent to an activating group) is 1. The number of hydrogen-bond acceptors (Lipinski definition) is 4. The first-order chi connectivity index (χ1) is 13.5. The monoisotopic (exact) mass is 522 g/mol. The van der Waals surface area contributed by atoms with Gasteiger partial charge in [-0.15, -0.1) is 24.0 Å². The molecule has 0 aliphatic carbocycles. The van der Waals surface area contributed by atoms with Crippen LogP contribution in [0.2, 0.25) is 0 Å². The largest absolute Gasteiger partial charge is 0.366 e. The van der Waals surface area contributed by atoms with Crippen molar-refractivity contribution >= 4 is 35.6 Å². The Morgan fingerprint density at radius 1 is 1.07 bits per heavy atom. The van der Waals surface area contributed by atoms with Gasteiger partial charge in [-0.1, -0.05) is 0 Å². The van der Waals surface area contributed by atoms with Gasteiger partial charge in [-0.3, -0.25) is 9.89 Å². The second-order valence-corrected chi connectivity index (χ2v) is 7.69. The maximum Gasteiger partial charge on any atom is 0.193 e. The van der Waals surface area contributed by atoms with Crippen molar-refractivity contribution in [3.05, 3.63) is 29.8 Å². The third kappa shape index (κ3) is 6.39. The first-order valence-electron chi connectivity index (χ1n) is 10.1. The molecule has 0 aromatic heterocycles. The first-order valence-corrected chi connectivity index (χ1v) is 10.1. The van der Waals surface area contributed by atoms with E-state index < -0.39 is 5.82 Å². The Kier molecular flexibility index (Phi) is 9.35. The Hall–Kier alpha value is -1.20. The predicted octanol–water partition coefficient (Wildman–Crippen LogP) is 1.92. The molecule has 2 saturated heterocycles. The van der Waals surface area contributed by atoms with E-state index in [0.717, 1.165) is 57.8 Å². The molecule has 1 aromatic rings. The van der Waals surface area contributed by atoms with E-state index in [-0.39, 0.29) is 29.8 Å². The number of nitrogens with one attached hydrogen (secondary N) is 1. The zero-order valence-corrected chi connectivity index (χ0v) is 19.9. The van der Waals surface area contributed by atoms with Gasteiger partial charge in [-0.05, 0) is 26.1 Å². The third-order valence-corrected chi connectivity index (χ3v) is 5.76. The van der Waals surface area contributed by atoms with Crippen molar-refractivity contribution in [3.8, 4) is 0 Å². The van der Waals surface area contributed by atoms with E-state index in [1.165, 1.54) is 12.1 Å². The third-order valence-electron chi connectivity index (χ3n) is 5.76. The number of halogens is 3. The fraction of sp³-hybridized carbons (Fsp3) is 0.650. The second-order valence-electron chi connectivity index (χ2n) is 7.69. The highest BCUT2D eigenvalue weighted by Crippen LogP contribution is 2.22. The number of nitrogens with zero attached hydrogens (tertiary/aromatic N) is 5. The number of benzene rings is 1. The van der Waals surface area contributed by atoms with Gasteiger partial charge in [-0.25, -0.2) is 8.78 Å². The highest BCUT2D eigenvalue weighted by Gasteiger charge is 2.23. The molecular weight excluding hydrogens is 489 g/mol. The summed E-state index contributed by atoms with van der Waals surface area (Å²) >= 11 is 0. The quantitative estimate of drug-likeness (QED) is 0.372. The normalized spacial score (nSPS) is 20.4. The number of guanidine groups is 1. The van der Waals surface area contributed by atoms with Crippen LogP contribution in [0.4, 0.5) is 14.5 Å². The van der Waals surface area contributed by atoms with Crippen LogP contribution < -0.4 is 10.2 Å². The average Bonchev–Trinajstić information content (AvgIpc) is 2.71. The number of rotatable bonds is 4. The molecule has 9 heteroatoms. The van der Waals surface area contributed by atoms with Crippen molar-refractivity contribution in [2.45, 2.75) is 13.0 Å². The van der Waals surface area contributed by atoms with E-state index in [2.05, 4.69) is 39.0 Å². The van der Waals surface area contributed by atoms with Crippen LogP contribution in [0.5, 0.6) is 0 Å². The van der Waals surface area contributed by atoms with E-state index in [4.69, 9.17) is 0 Å². The SMILES string of the molecule is CN=C(NCC(C)N1CCN(C)CC1)N1CCN(c2cc(F)ccc2F)CC1.I. The lowest BCUT2D eigenvalue weighted by Gasteiger charge is -2.39. The van der Waals surface area contributed by atoms with Gasteiger partial charge >= 0.3 is 0 Å². The molecule has 2 aliphatic rings. The summed E-state index contributed by atoms with van der Waals surface area (Å²) in [7, 11) is 3.96. The lowest BCUT2D eigenvalue weighted by atomic mass is 10.2. The lowest BCUT2D eigenvalue weighted by Crippen LogP contribution is -2.55. The van der Waals surface area contributed by atoms with Crippen molar-refractivity contribution in [2.75, 3.05) is 77.9 Å². The van der Waals surface area contributed by atoms with Crippen LogP contribution in [0, 0.1) is 11.6 Å². The molecule has 2 heterocycles. The van der Waals surface area contributed by atoms with Crippen molar-refractivity contribution in [1.29, 1.82) is 0 Å². The summed E-state index contributed by atoms with van der Waals surface area (Å²) in [6, 6.07) is 4.06. The summed E-state index contributed by atoms with van der Waals surface area (Å²) in [6.45, 7) is 10.2. The molecule has 3 rings (SSSR count). The Morgan fingerprint density at radius 3 is 2.34 bits per heavy atom. The molecule has 1 unspecified atom stereocenters. The molecule has 164 valence electrons. The zero-order chi connectivity index (χ0) is 20.1. The van der Waals surface area contributed by atoms with Crippen LogP contribution in [0.25, 0.3) is 0 Å². The molecule has 0 spiro atoms. The maximum atomic E-state index is 14.0. The van der Waals surface area contributed by atoms with E-state index in [1.54, 1.807) is 7.05 Å². The van der Waals surface area contributed by atoms with Gasteiger partial charge in [0.1, 0.15) is 11.6 Å². The lowest BCUT2D eigenvalue weighted by molar-refractivity contribution is 0.119. The van der Waals surface area contributed by atoms with Crippen molar-refractivity contribution < 1.29 is 8.78 Å². The molecule has 6 nitrogen and oxygen atoms in total. The summed E-state index contributed by atoms with van der Waals surface area (Å²) in [5.41, 5.74) is 0.339. The predicted molar refractivity (Wildman–Crippen MR) is 125 cm³/mol. The average molecular weight is 522 g/mol. The molecular formula is C20H33F2IN6. The van der Waals surface area contributed by atoms with Gasteiger partial charge in [0.15, 0.2) is 5.96 Å². The number of hydrogen-bond donors (Lipinski definition) is 1. The van der Waals surface area contributed by atoms with E-state index in [9.17, 15) is 8.78 Å². The molecule has 0 bridgehead atoms. The minimum absolute atomic E-state index is 0. The molecule has 1 N–H and O–H groups in total. The standard InChI is InChI=1S/C20H32F2N6.HI/c1-16(26-8-6-25(3)7-9-26)15-24-20(23-2)28-12-10-27(11-13-28)19-14-17(21)4-5-18(19)22;/h4-5,14,16H,6-13,15H2,1-3H3,(H,23,24);1H. The highest BCUT2D eigenvalue weighted by atomic mass is 127. The number of anilines is 1. The minimum atomic E-state index is -0.408. The van der Waals surface area contributed by atoms with Crippen molar-refractivity contribution in [3.63, 3.8) is 0 Å². The molecule has 1 atom stereocenters. The van der Waals surface area contributed by atoms with Crippen LogP contribution >= 0.6 is 24.0 Å². The van der Waals surface area contributed by atoms with Crippen LogP contribution in [-0.2, 0) is 0 Å². The zero-order valence-electron chi connectivity index (χ0n) is 17.6. The van der Waals surface area contributed by atoms with E-state index in [0.29, 0.717) is 24.8 Å². The molecule has 0 saturated carbocycles. The number of aliphatic imine (C=N–C) groups is 1. The Bertz CT molecular complexity index is 673. The van der Waals surface area contributed by atoms with E-state index in [1.807, 2.05) is 4.90 Å². The molecule has 0 radical (unpaired) electrons. The van der Waals surface area contributed by atoms with Gasteiger partial charge in [-0.2, -0.15) is 0 Å². The maximum absolute atomic E-state index is 14.0. The molecule has 29 heavy (non-hydrogen) atoms. The Morgan fingerprint density at radius 2 is 1.72 bits per heavy atom. The van der Waals surface area contributed by atoms with Gasteiger partial charge in [0.25, 0.3) is 0 Å². The summed E-state index contributed by atoms with van der Waals surface area (Å²) in [6.07, 6.45) is 0. The first kappa shape index (κ1) is 24.1. The molecule has 2 aliphatic heterocycles. The van der Waals surface area contributed by atoms with Crippen LogP contribution in [0.3, 0.4) is 0 Å². The fourth-order valence-corrected chi connectivity index (χ4v) is 3.85. The van der Waals surface area contributed by atoms with Crippen molar-refractivity contribution in [1.82, 2.24) is 20.0 Å². The van der Waals surface area contributed by atoms with E-state index >= 15 is 0 Å². The second kappa shape index (κ2) is 11.3. The molecule has 0 amide bonds. The summed E-state index contributed by atoms with van der Waals surface area (Å²) < 4.78 is 27.5. The topological polar surface area (TPSA) is 37.4 Å². The smallest absolute Gasteiger partial charge is 0.193 e. The molecule has 2 fully saturated rings. The highest BCUT2D eigenvalue weighted by molar-refractivity contribution is 14.0. The Balaban J connectivity index is 0.00000300.